The lowest BCUT2D eigenvalue weighted by molar-refractivity contribution is 0.191. The Hall–Kier alpha value is -0.830. The van der Waals surface area contributed by atoms with Gasteiger partial charge in [0.05, 0.1) is 0 Å². The van der Waals surface area contributed by atoms with E-state index in [9.17, 15) is 0 Å². The smallest absolute Gasteiger partial charge is 0.140 e. The lowest BCUT2D eigenvalue weighted by atomic mass is 9.94. The normalized spacial score (nSPS) is 21.5. The van der Waals surface area contributed by atoms with Crippen molar-refractivity contribution in [2.75, 3.05) is 7.05 Å². The Morgan fingerprint density at radius 2 is 1.70 bits per heavy atom. The molecule has 3 rings (SSSR count). The van der Waals surface area contributed by atoms with Crippen molar-refractivity contribution >= 4 is 0 Å². The first-order chi connectivity index (χ1) is 9.84. The van der Waals surface area contributed by atoms with Crippen LogP contribution in [0.3, 0.4) is 0 Å². The maximum atomic E-state index is 5.54. The molecular formula is C17H28N2O. The van der Waals surface area contributed by atoms with Crippen molar-refractivity contribution in [1.29, 1.82) is 0 Å². The minimum absolute atomic E-state index is 0.742. The van der Waals surface area contributed by atoms with Crippen molar-refractivity contribution in [2.45, 2.75) is 83.2 Å². The number of hydrogen-bond acceptors (Lipinski definition) is 3. The van der Waals surface area contributed by atoms with E-state index in [2.05, 4.69) is 17.1 Å². The van der Waals surface area contributed by atoms with Gasteiger partial charge in [-0.1, -0.05) is 37.3 Å². The molecule has 0 aliphatic heterocycles. The van der Waals surface area contributed by atoms with E-state index in [4.69, 9.17) is 4.52 Å². The van der Waals surface area contributed by atoms with Crippen LogP contribution in [0.5, 0.6) is 0 Å². The highest BCUT2D eigenvalue weighted by atomic mass is 16.5. The highest BCUT2D eigenvalue weighted by Crippen LogP contribution is 2.27. The average molecular weight is 276 g/mol. The molecule has 0 aromatic carbocycles. The largest absolute Gasteiger partial charge is 0.361 e. The lowest BCUT2D eigenvalue weighted by Crippen LogP contribution is -2.32. The van der Waals surface area contributed by atoms with Crippen molar-refractivity contribution < 1.29 is 4.52 Å². The van der Waals surface area contributed by atoms with Crippen molar-refractivity contribution in [2.24, 2.45) is 0 Å². The van der Waals surface area contributed by atoms with E-state index in [1.807, 2.05) is 0 Å². The minimum atomic E-state index is 0.742. The van der Waals surface area contributed by atoms with Crippen molar-refractivity contribution in [3.8, 4) is 0 Å². The van der Waals surface area contributed by atoms with Crippen LogP contribution < -0.4 is 0 Å². The molecule has 0 N–H and O–H groups in total. The fourth-order valence-corrected chi connectivity index (χ4v) is 3.81. The van der Waals surface area contributed by atoms with Crippen LogP contribution in [0.2, 0.25) is 0 Å². The second kappa shape index (κ2) is 6.75. The Bertz CT molecular complexity index is 419. The second-order valence-electron chi connectivity index (χ2n) is 6.65. The summed E-state index contributed by atoms with van der Waals surface area (Å²) in [5.41, 5.74) is 2.64. The van der Waals surface area contributed by atoms with Crippen LogP contribution in [0.4, 0.5) is 0 Å². The highest BCUT2D eigenvalue weighted by molar-refractivity contribution is 5.25. The van der Waals surface area contributed by atoms with Crippen molar-refractivity contribution in [3.63, 3.8) is 0 Å². The molecule has 20 heavy (non-hydrogen) atoms. The molecule has 0 atom stereocenters. The Balaban J connectivity index is 1.62. The zero-order chi connectivity index (χ0) is 13.8. The summed E-state index contributed by atoms with van der Waals surface area (Å²) in [6.45, 7) is 0.976. The average Bonchev–Trinajstić information content (AvgIpc) is 2.82. The Labute approximate surface area is 122 Å². The fraction of sp³-hybridized carbons (Fsp3) is 0.824. The predicted molar refractivity (Wildman–Crippen MR) is 80.7 cm³/mol. The molecule has 3 nitrogen and oxygen atoms in total. The molecule has 1 fully saturated rings. The molecule has 3 heteroatoms. The Kier molecular flexibility index (Phi) is 4.77. The maximum Gasteiger partial charge on any atom is 0.140 e. The molecule has 0 amide bonds. The molecule has 1 aromatic rings. The van der Waals surface area contributed by atoms with Gasteiger partial charge in [-0.15, -0.1) is 0 Å². The van der Waals surface area contributed by atoms with E-state index in [1.165, 1.54) is 75.5 Å². The SMILES string of the molecule is CN(Cc1noc2c1CCCC2)C1CCCCCCC1. The van der Waals surface area contributed by atoms with E-state index in [0.717, 1.165) is 24.8 Å². The number of fused-ring (bicyclic) bond motifs is 1. The van der Waals surface area contributed by atoms with Gasteiger partial charge in [0.25, 0.3) is 0 Å². The van der Waals surface area contributed by atoms with Gasteiger partial charge < -0.3 is 4.52 Å². The Morgan fingerprint density at radius 1 is 1.00 bits per heavy atom. The second-order valence-corrected chi connectivity index (χ2v) is 6.65. The van der Waals surface area contributed by atoms with E-state index in [-0.39, 0.29) is 0 Å². The summed E-state index contributed by atoms with van der Waals surface area (Å²) in [6, 6.07) is 0.742. The van der Waals surface area contributed by atoms with Gasteiger partial charge in [-0.05, 0) is 39.2 Å². The standard InChI is InChI=1S/C17H28N2O/c1-19(14-9-5-3-2-4-6-10-14)13-16-15-11-7-8-12-17(15)20-18-16/h14H,2-13H2,1H3. The molecule has 2 aliphatic carbocycles. The predicted octanol–water partition coefficient (Wildman–Crippen LogP) is 4.10. The number of rotatable bonds is 3. The number of aryl methyl sites for hydroxylation is 1. The van der Waals surface area contributed by atoms with Gasteiger partial charge in [0.1, 0.15) is 11.5 Å². The molecule has 112 valence electrons. The van der Waals surface area contributed by atoms with Gasteiger partial charge in [0, 0.05) is 24.6 Å². The molecule has 0 saturated heterocycles. The van der Waals surface area contributed by atoms with Crippen LogP contribution in [-0.4, -0.2) is 23.1 Å². The van der Waals surface area contributed by atoms with Gasteiger partial charge in [-0.3, -0.25) is 4.90 Å². The number of nitrogens with zero attached hydrogens (tertiary/aromatic N) is 2. The maximum absolute atomic E-state index is 5.54. The van der Waals surface area contributed by atoms with Crippen LogP contribution >= 0.6 is 0 Å². The first-order valence-corrected chi connectivity index (χ1v) is 8.51. The lowest BCUT2D eigenvalue weighted by Gasteiger charge is -2.29. The minimum Gasteiger partial charge on any atom is -0.361 e. The van der Waals surface area contributed by atoms with Crippen LogP contribution in [0.25, 0.3) is 0 Å². The van der Waals surface area contributed by atoms with E-state index >= 15 is 0 Å². The Morgan fingerprint density at radius 3 is 2.50 bits per heavy atom. The summed E-state index contributed by atoms with van der Waals surface area (Å²) in [5.74, 6) is 1.16. The molecule has 0 radical (unpaired) electrons. The zero-order valence-corrected chi connectivity index (χ0v) is 12.9. The third kappa shape index (κ3) is 3.25. The summed E-state index contributed by atoms with van der Waals surface area (Å²) >= 11 is 0. The summed E-state index contributed by atoms with van der Waals surface area (Å²) in [5, 5.41) is 4.36. The summed E-state index contributed by atoms with van der Waals surface area (Å²) < 4.78 is 5.54. The van der Waals surface area contributed by atoms with Gasteiger partial charge >= 0.3 is 0 Å². The summed E-state index contributed by atoms with van der Waals surface area (Å²) in [7, 11) is 2.27. The first-order valence-electron chi connectivity index (χ1n) is 8.51. The molecule has 2 aliphatic rings. The molecule has 0 bridgehead atoms. The molecule has 1 heterocycles. The van der Waals surface area contributed by atoms with Crippen molar-refractivity contribution in [1.82, 2.24) is 10.1 Å². The molecule has 0 spiro atoms. The van der Waals surface area contributed by atoms with E-state index < -0.39 is 0 Å². The van der Waals surface area contributed by atoms with Crippen LogP contribution in [0.1, 0.15) is 74.8 Å². The van der Waals surface area contributed by atoms with Crippen molar-refractivity contribution in [3.05, 3.63) is 17.0 Å². The van der Waals surface area contributed by atoms with Gasteiger partial charge in [-0.25, -0.2) is 0 Å². The third-order valence-corrected chi connectivity index (χ3v) is 5.13. The van der Waals surface area contributed by atoms with Crippen LogP contribution in [-0.2, 0) is 19.4 Å². The molecule has 0 unspecified atom stereocenters. The van der Waals surface area contributed by atoms with E-state index in [1.54, 1.807) is 0 Å². The van der Waals surface area contributed by atoms with Gasteiger partial charge in [0.15, 0.2) is 0 Å². The monoisotopic (exact) mass is 276 g/mol. The summed E-state index contributed by atoms with van der Waals surface area (Å²) in [6.07, 6.45) is 14.6. The first kappa shape index (κ1) is 14.1. The summed E-state index contributed by atoms with van der Waals surface area (Å²) in [4.78, 5) is 2.53. The quantitative estimate of drug-likeness (QED) is 0.832. The third-order valence-electron chi connectivity index (χ3n) is 5.13. The topological polar surface area (TPSA) is 29.3 Å². The van der Waals surface area contributed by atoms with Gasteiger partial charge in [-0.2, -0.15) is 0 Å². The van der Waals surface area contributed by atoms with Crippen LogP contribution in [0, 0.1) is 0 Å². The zero-order valence-electron chi connectivity index (χ0n) is 12.9. The van der Waals surface area contributed by atoms with Crippen LogP contribution in [0.15, 0.2) is 4.52 Å². The molecular weight excluding hydrogens is 248 g/mol. The molecule has 1 aromatic heterocycles. The number of hydrogen-bond donors (Lipinski definition) is 0. The fourth-order valence-electron chi connectivity index (χ4n) is 3.81. The molecule has 1 saturated carbocycles. The number of aromatic nitrogens is 1. The van der Waals surface area contributed by atoms with E-state index in [0.29, 0.717) is 0 Å². The van der Waals surface area contributed by atoms with Gasteiger partial charge in [0.2, 0.25) is 0 Å². The highest BCUT2D eigenvalue weighted by Gasteiger charge is 2.22.